The molecule has 9 nitrogen and oxygen atoms in total. The first-order valence-electron chi connectivity index (χ1n) is 13.2. The number of benzene rings is 2. The Kier molecular flexibility index (Phi) is 6.42. The number of hydrogen-bond donors (Lipinski definition) is 3. The van der Waals surface area contributed by atoms with Gasteiger partial charge >= 0.3 is 6.18 Å². The lowest BCUT2D eigenvalue weighted by Gasteiger charge is -2.31. The van der Waals surface area contributed by atoms with E-state index < -0.39 is 41.2 Å². The van der Waals surface area contributed by atoms with Crippen molar-refractivity contribution < 1.29 is 36.9 Å². The molecule has 1 amide bonds. The van der Waals surface area contributed by atoms with Gasteiger partial charge in [-0.2, -0.15) is 18.3 Å². The summed E-state index contributed by atoms with van der Waals surface area (Å²) in [6, 6.07) is 9.25. The molecule has 2 atom stereocenters. The molecule has 4 aromatic rings. The fourth-order valence-corrected chi connectivity index (χ4v) is 5.37. The first kappa shape index (κ1) is 27.9. The topological polar surface area (TPSA) is 125 Å². The molecule has 220 valence electrons. The number of carbonyl (C=O) groups excluding carboxylic acids is 1. The summed E-state index contributed by atoms with van der Waals surface area (Å²) in [5.41, 5.74) is 1.76. The van der Waals surface area contributed by atoms with Crippen molar-refractivity contribution in [2.75, 3.05) is 20.3 Å². The quantitative estimate of drug-likeness (QED) is 0.281. The van der Waals surface area contributed by atoms with E-state index in [1.54, 1.807) is 24.0 Å². The van der Waals surface area contributed by atoms with Crippen molar-refractivity contribution in [2.45, 2.75) is 30.2 Å². The van der Waals surface area contributed by atoms with Gasteiger partial charge in [-0.25, -0.2) is 9.37 Å². The van der Waals surface area contributed by atoms with Crippen molar-refractivity contribution in [3.63, 3.8) is 0 Å². The largest absolute Gasteiger partial charge is 0.494 e. The number of fused-ring (bicyclic) bond motifs is 2. The van der Waals surface area contributed by atoms with Crippen LogP contribution in [0.4, 0.5) is 17.6 Å². The lowest BCUT2D eigenvalue weighted by Crippen LogP contribution is -2.52. The molecule has 1 saturated carbocycles. The number of aromatic nitrogens is 3. The van der Waals surface area contributed by atoms with Gasteiger partial charge in [-0.3, -0.25) is 9.48 Å². The van der Waals surface area contributed by atoms with Crippen molar-refractivity contribution in [3.8, 4) is 22.8 Å². The molecule has 4 N–H and O–H groups in total. The number of halogens is 4. The van der Waals surface area contributed by atoms with Crippen LogP contribution in [0.25, 0.3) is 22.2 Å². The molecule has 1 unspecified atom stereocenters. The number of nitrogens with two attached hydrogens (primary N) is 1. The molecule has 1 fully saturated rings. The van der Waals surface area contributed by atoms with Gasteiger partial charge in [0.05, 0.1) is 19.3 Å². The smallest absolute Gasteiger partial charge is 0.414 e. The number of methoxy groups -OCH3 is 1. The minimum atomic E-state index is -4.88. The van der Waals surface area contributed by atoms with Gasteiger partial charge in [0.25, 0.3) is 5.91 Å². The summed E-state index contributed by atoms with van der Waals surface area (Å²) in [6.45, 7) is -1.23. The molecule has 0 spiro atoms. The van der Waals surface area contributed by atoms with Crippen LogP contribution in [0.3, 0.4) is 0 Å². The zero-order chi connectivity index (χ0) is 30.0. The average molecular weight is 586 g/mol. The molecule has 2 aromatic heterocycles. The molecule has 2 aromatic carbocycles. The number of aryl methyl sites for hydroxylation is 1. The third-order valence-corrected chi connectivity index (χ3v) is 7.91. The van der Waals surface area contributed by atoms with Crippen LogP contribution in [0.15, 0.2) is 48.7 Å². The molecule has 42 heavy (non-hydrogen) atoms. The first-order chi connectivity index (χ1) is 19.8. The third-order valence-electron chi connectivity index (χ3n) is 7.91. The van der Waals surface area contributed by atoms with Crippen LogP contribution < -0.4 is 20.5 Å². The van der Waals surface area contributed by atoms with Crippen molar-refractivity contribution in [3.05, 3.63) is 71.3 Å². The standard InChI is InChI=1S/C29H27F4N5O4/c1-38-12-17-9-16(10-21(41-2)23(17)37-38)26(39)35-13-27(40,18-5-6-18)22-11-20-25(42-14-28(20,34)29(31,32)33)24(36-22)15-3-7-19(30)8-4-15/h3-4,7-12,18,40H,5-6,13-14,34H2,1-2H3,(H,35,39)/t27?,28-/m0/s1. The predicted octanol–water partition coefficient (Wildman–Crippen LogP) is 3.92. The number of nitrogens with zero attached hydrogens (tertiary/aromatic N) is 3. The lowest BCUT2D eigenvalue weighted by atomic mass is 9.86. The van der Waals surface area contributed by atoms with E-state index in [0.717, 1.165) is 18.2 Å². The van der Waals surface area contributed by atoms with E-state index in [0.29, 0.717) is 29.5 Å². The van der Waals surface area contributed by atoms with Gasteiger partial charge in [-0.1, -0.05) is 0 Å². The second kappa shape index (κ2) is 9.66. The Bertz CT molecular complexity index is 1700. The number of pyridine rings is 1. The fourth-order valence-electron chi connectivity index (χ4n) is 5.37. The van der Waals surface area contributed by atoms with Crippen molar-refractivity contribution in [2.24, 2.45) is 18.7 Å². The molecule has 6 rings (SSSR count). The van der Waals surface area contributed by atoms with Crippen LogP contribution >= 0.6 is 0 Å². The summed E-state index contributed by atoms with van der Waals surface area (Å²) in [4.78, 5) is 17.8. The number of carbonyl (C=O) groups is 1. The van der Waals surface area contributed by atoms with E-state index >= 15 is 0 Å². The van der Waals surface area contributed by atoms with Gasteiger partial charge in [0.1, 0.15) is 35.0 Å². The van der Waals surface area contributed by atoms with Crippen LogP contribution in [0.2, 0.25) is 0 Å². The number of alkyl halides is 3. The highest BCUT2D eigenvalue weighted by molar-refractivity contribution is 5.99. The zero-order valence-corrected chi connectivity index (χ0v) is 22.6. The summed E-state index contributed by atoms with van der Waals surface area (Å²) in [6.07, 6.45) is -2.03. The van der Waals surface area contributed by atoms with E-state index in [1.807, 2.05) is 0 Å². The first-order valence-corrected chi connectivity index (χ1v) is 13.2. The maximum Gasteiger partial charge on any atom is 0.414 e. The Labute approximate surface area is 237 Å². The molecule has 1 aliphatic heterocycles. The van der Waals surface area contributed by atoms with Gasteiger partial charge in [0, 0.05) is 35.3 Å². The van der Waals surface area contributed by atoms with E-state index in [9.17, 15) is 27.5 Å². The maximum atomic E-state index is 14.2. The van der Waals surface area contributed by atoms with Crippen LogP contribution in [-0.2, 0) is 18.2 Å². The Hall–Kier alpha value is -4.23. The molecular formula is C29H27F4N5O4. The SMILES string of the molecule is COc1cc(C(=O)NCC(O)(c2cc3c(c(-c4ccc(F)cc4)n2)OC[C@@]3(N)C(F)(F)F)C2CC2)cc2cn(C)nc12. The number of nitrogens with one attached hydrogen (secondary N) is 1. The van der Waals surface area contributed by atoms with Crippen LogP contribution in [0, 0.1) is 11.7 Å². The summed E-state index contributed by atoms with van der Waals surface area (Å²) >= 11 is 0. The highest BCUT2D eigenvalue weighted by Crippen LogP contribution is 2.52. The molecule has 3 heterocycles. The molecule has 0 bridgehead atoms. The summed E-state index contributed by atoms with van der Waals surface area (Å²) in [7, 11) is 3.19. The molecule has 0 saturated heterocycles. The number of amides is 1. The molecule has 13 heteroatoms. The minimum Gasteiger partial charge on any atom is -0.494 e. The van der Waals surface area contributed by atoms with Gasteiger partial charge in [-0.05, 0) is 61.2 Å². The molecule has 1 aliphatic carbocycles. The van der Waals surface area contributed by atoms with Gasteiger partial charge in [0.2, 0.25) is 0 Å². The molecule has 0 radical (unpaired) electrons. The van der Waals surface area contributed by atoms with Crippen molar-refractivity contribution in [1.29, 1.82) is 0 Å². The zero-order valence-electron chi connectivity index (χ0n) is 22.6. The Balaban J connectivity index is 1.40. The van der Waals surface area contributed by atoms with E-state index in [1.165, 1.54) is 25.3 Å². The number of rotatable bonds is 7. The number of hydrogen-bond acceptors (Lipinski definition) is 7. The molecule has 2 aliphatic rings. The third kappa shape index (κ3) is 4.52. The monoisotopic (exact) mass is 585 g/mol. The van der Waals surface area contributed by atoms with Crippen LogP contribution in [0.5, 0.6) is 11.5 Å². The van der Waals surface area contributed by atoms with E-state index in [-0.39, 0.29) is 40.7 Å². The maximum absolute atomic E-state index is 14.2. The fraction of sp³-hybridized carbons (Fsp3) is 0.345. The minimum absolute atomic E-state index is 0.0174. The normalized spacial score (nSPS) is 19.7. The lowest BCUT2D eigenvalue weighted by molar-refractivity contribution is -0.191. The van der Waals surface area contributed by atoms with Gasteiger partial charge < -0.3 is 25.6 Å². The summed E-state index contributed by atoms with van der Waals surface area (Å²) in [5.74, 6) is -1.28. The average Bonchev–Trinajstić information content (AvgIpc) is 3.66. The highest BCUT2D eigenvalue weighted by atomic mass is 19.4. The van der Waals surface area contributed by atoms with Gasteiger partial charge in [0.15, 0.2) is 11.3 Å². The molecular weight excluding hydrogens is 558 g/mol. The van der Waals surface area contributed by atoms with Crippen molar-refractivity contribution in [1.82, 2.24) is 20.1 Å². The van der Waals surface area contributed by atoms with Crippen LogP contribution in [0.1, 0.15) is 34.5 Å². The van der Waals surface area contributed by atoms with E-state index in [4.69, 9.17) is 15.2 Å². The number of ether oxygens (including phenoxy) is 2. The Morgan fingerprint density at radius 2 is 1.95 bits per heavy atom. The van der Waals surface area contributed by atoms with Crippen molar-refractivity contribution >= 4 is 16.8 Å². The van der Waals surface area contributed by atoms with E-state index in [2.05, 4.69) is 15.4 Å². The Morgan fingerprint density at radius 3 is 2.60 bits per heavy atom. The Morgan fingerprint density at radius 1 is 1.24 bits per heavy atom. The van der Waals surface area contributed by atoms with Gasteiger partial charge in [-0.15, -0.1) is 0 Å². The second-order valence-electron chi connectivity index (χ2n) is 10.8. The summed E-state index contributed by atoms with van der Waals surface area (Å²) in [5, 5.41) is 19.7. The number of aliphatic hydroxyl groups is 1. The predicted molar refractivity (Wildman–Crippen MR) is 143 cm³/mol. The highest BCUT2D eigenvalue weighted by Gasteiger charge is 2.59. The second-order valence-corrected chi connectivity index (χ2v) is 10.8. The van der Waals surface area contributed by atoms with Crippen LogP contribution in [-0.4, -0.2) is 52.2 Å². The summed E-state index contributed by atoms with van der Waals surface area (Å²) < 4.78 is 68.7.